The number of aryl methyl sites for hydroxylation is 1. The molecule has 1 amide bonds. The van der Waals surface area contributed by atoms with Crippen LogP contribution in [0, 0.1) is 6.92 Å². The average Bonchev–Trinajstić information content (AvgIpc) is 3.37. The lowest BCUT2D eigenvalue weighted by molar-refractivity contribution is -0.116. The number of hydrogen-bond acceptors (Lipinski definition) is 6. The molecule has 4 aromatic rings. The standard InChI is InChI=1S/C20H15ClN6OS/c1-11-18-14(16-3-2-8-29-16)9-17(28)24-19(18)27(26-11)20-23-15(10-22-25-20)12-4-6-13(21)7-5-12/h2-8,10,14H,9H2,1H3,(H,24,28). The Bertz CT molecular complexity index is 1200. The Kier molecular flexibility index (Phi) is 4.37. The van der Waals surface area contributed by atoms with Crippen molar-refractivity contribution in [2.24, 2.45) is 0 Å². The number of thiophene rings is 1. The largest absolute Gasteiger partial charge is 0.310 e. The summed E-state index contributed by atoms with van der Waals surface area (Å²) in [5.41, 5.74) is 3.33. The Morgan fingerprint density at radius 2 is 2.07 bits per heavy atom. The van der Waals surface area contributed by atoms with E-state index in [1.165, 1.54) is 0 Å². The second kappa shape index (κ2) is 7.06. The van der Waals surface area contributed by atoms with Gasteiger partial charge < -0.3 is 5.32 Å². The lowest BCUT2D eigenvalue weighted by Gasteiger charge is -2.22. The number of rotatable bonds is 3. The van der Waals surface area contributed by atoms with Crippen LogP contribution in [0.5, 0.6) is 0 Å². The molecule has 3 aromatic heterocycles. The SMILES string of the molecule is Cc1nn(-c2nncc(-c3ccc(Cl)cc3)n2)c2c1C(c1cccs1)CC(=O)N2. The Hall–Kier alpha value is -3.10. The quantitative estimate of drug-likeness (QED) is 0.534. The molecule has 0 bridgehead atoms. The molecule has 1 aliphatic rings. The highest BCUT2D eigenvalue weighted by molar-refractivity contribution is 7.10. The van der Waals surface area contributed by atoms with Crippen molar-refractivity contribution in [3.05, 3.63) is 69.1 Å². The van der Waals surface area contributed by atoms with Crippen LogP contribution < -0.4 is 5.32 Å². The first-order valence-corrected chi connectivity index (χ1v) is 10.2. The van der Waals surface area contributed by atoms with E-state index < -0.39 is 0 Å². The van der Waals surface area contributed by atoms with Gasteiger partial charge in [0.1, 0.15) is 5.82 Å². The first kappa shape index (κ1) is 18.0. The van der Waals surface area contributed by atoms with Gasteiger partial charge in [-0.2, -0.15) is 14.9 Å². The molecule has 1 aliphatic heterocycles. The molecule has 0 fully saturated rings. The normalized spacial score (nSPS) is 15.8. The number of aromatic nitrogens is 5. The Morgan fingerprint density at radius 1 is 1.24 bits per heavy atom. The minimum Gasteiger partial charge on any atom is -0.310 e. The van der Waals surface area contributed by atoms with E-state index >= 15 is 0 Å². The number of fused-ring (bicyclic) bond motifs is 1. The Labute approximate surface area is 175 Å². The minimum atomic E-state index is -0.0566. The van der Waals surface area contributed by atoms with E-state index in [0.29, 0.717) is 28.9 Å². The lowest BCUT2D eigenvalue weighted by Crippen LogP contribution is -2.25. The summed E-state index contributed by atoms with van der Waals surface area (Å²) in [4.78, 5) is 18.2. The average molecular weight is 423 g/mol. The molecular weight excluding hydrogens is 408 g/mol. The third kappa shape index (κ3) is 3.20. The fraction of sp³-hybridized carbons (Fsp3) is 0.150. The van der Waals surface area contributed by atoms with Crippen molar-refractivity contribution < 1.29 is 4.79 Å². The van der Waals surface area contributed by atoms with Gasteiger partial charge in [0.05, 0.1) is 17.6 Å². The van der Waals surface area contributed by atoms with E-state index in [2.05, 4.69) is 25.6 Å². The van der Waals surface area contributed by atoms with E-state index in [0.717, 1.165) is 21.7 Å². The Morgan fingerprint density at radius 3 is 2.83 bits per heavy atom. The zero-order chi connectivity index (χ0) is 20.0. The van der Waals surface area contributed by atoms with Crippen LogP contribution >= 0.6 is 22.9 Å². The molecule has 5 rings (SSSR count). The van der Waals surface area contributed by atoms with E-state index in [1.807, 2.05) is 36.6 Å². The maximum Gasteiger partial charge on any atom is 0.272 e. The molecule has 0 radical (unpaired) electrons. The minimum absolute atomic E-state index is 0.0279. The Balaban J connectivity index is 1.62. The van der Waals surface area contributed by atoms with Gasteiger partial charge in [0, 0.05) is 33.4 Å². The number of nitrogens with one attached hydrogen (secondary N) is 1. The zero-order valence-electron chi connectivity index (χ0n) is 15.3. The van der Waals surface area contributed by atoms with Crippen molar-refractivity contribution in [2.45, 2.75) is 19.3 Å². The van der Waals surface area contributed by atoms with Gasteiger partial charge in [-0.1, -0.05) is 29.8 Å². The fourth-order valence-corrected chi connectivity index (χ4v) is 4.53. The van der Waals surface area contributed by atoms with E-state index in [1.54, 1.807) is 34.3 Å². The third-order valence-corrected chi connectivity index (χ3v) is 6.10. The second-order valence-electron chi connectivity index (χ2n) is 6.73. The molecule has 0 saturated carbocycles. The molecule has 0 spiro atoms. The van der Waals surface area contributed by atoms with E-state index in [4.69, 9.17) is 11.6 Å². The molecule has 144 valence electrons. The van der Waals surface area contributed by atoms with Crippen molar-refractivity contribution in [3.63, 3.8) is 0 Å². The van der Waals surface area contributed by atoms with Gasteiger partial charge in [-0.25, -0.2) is 4.98 Å². The molecule has 4 heterocycles. The number of benzene rings is 1. The molecule has 29 heavy (non-hydrogen) atoms. The number of anilines is 1. The summed E-state index contributed by atoms with van der Waals surface area (Å²) in [6.45, 7) is 1.93. The maximum absolute atomic E-state index is 12.4. The smallest absolute Gasteiger partial charge is 0.272 e. The summed E-state index contributed by atoms with van der Waals surface area (Å²) < 4.78 is 1.56. The number of halogens is 1. The predicted octanol–water partition coefficient (Wildman–Crippen LogP) is 4.22. The highest BCUT2D eigenvalue weighted by atomic mass is 35.5. The molecule has 1 N–H and O–H groups in total. The maximum atomic E-state index is 12.4. The summed E-state index contributed by atoms with van der Waals surface area (Å²) in [5.74, 6) is 0.819. The first-order valence-electron chi connectivity index (χ1n) is 8.99. The van der Waals surface area contributed by atoms with Crippen molar-refractivity contribution in [2.75, 3.05) is 5.32 Å². The molecule has 7 nitrogen and oxygen atoms in total. The number of amides is 1. The van der Waals surface area contributed by atoms with Crippen LogP contribution in [0.15, 0.2) is 48.0 Å². The molecule has 1 atom stereocenters. The van der Waals surface area contributed by atoms with Gasteiger partial charge in [-0.3, -0.25) is 4.79 Å². The predicted molar refractivity (Wildman–Crippen MR) is 112 cm³/mol. The second-order valence-corrected chi connectivity index (χ2v) is 8.14. The summed E-state index contributed by atoms with van der Waals surface area (Å²) in [6, 6.07) is 11.4. The number of carbonyl (C=O) groups excluding carboxylic acids is 1. The highest BCUT2D eigenvalue weighted by Gasteiger charge is 2.33. The van der Waals surface area contributed by atoms with Crippen LogP contribution in [0.4, 0.5) is 5.82 Å². The van der Waals surface area contributed by atoms with Crippen molar-refractivity contribution in [3.8, 4) is 17.2 Å². The van der Waals surface area contributed by atoms with Gasteiger partial charge in [0.15, 0.2) is 0 Å². The van der Waals surface area contributed by atoms with Gasteiger partial charge in [-0.15, -0.1) is 16.4 Å². The van der Waals surface area contributed by atoms with E-state index in [9.17, 15) is 4.79 Å². The third-order valence-electron chi connectivity index (χ3n) is 4.87. The van der Waals surface area contributed by atoms with Crippen LogP contribution in [0.1, 0.15) is 28.5 Å². The van der Waals surface area contributed by atoms with Gasteiger partial charge in [-0.05, 0) is 30.5 Å². The van der Waals surface area contributed by atoms with Crippen molar-refractivity contribution >= 4 is 34.7 Å². The molecule has 9 heteroatoms. The zero-order valence-corrected chi connectivity index (χ0v) is 16.9. The number of nitrogens with zero attached hydrogens (tertiary/aromatic N) is 5. The first-order chi connectivity index (χ1) is 14.1. The summed E-state index contributed by atoms with van der Waals surface area (Å²) in [6.07, 6.45) is 1.98. The molecule has 1 unspecified atom stereocenters. The van der Waals surface area contributed by atoms with Crippen molar-refractivity contribution in [1.29, 1.82) is 0 Å². The van der Waals surface area contributed by atoms with Gasteiger partial charge in [0.2, 0.25) is 5.91 Å². The number of hydrogen-bond donors (Lipinski definition) is 1. The van der Waals surface area contributed by atoms with Crippen molar-refractivity contribution in [1.82, 2.24) is 25.0 Å². The topological polar surface area (TPSA) is 85.6 Å². The molecule has 0 saturated heterocycles. The lowest BCUT2D eigenvalue weighted by atomic mass is 9.91. The highest BCUT2D eigenvalue weighted by Crippen LogP contribution is 2.41. The molecular formula is C20H15ClN6OS. The summed E-state index contributed by atoms with van der Waals surface area (Å²) in [5, 5.41) is 18.5. The van der Waals surface area contributed by atoms with Gasteiger partial charge in [0.25, 0.3) is 5.95 Å². The fourth-order valence-electron chi connectivity index (χ4n) is 3.57. The van der Waals surface area contributed by atoms with Crippen LogP contribution in [-0.4, -0.2) is 30.9 Å². The summed E-state index contributed by atoms with van der Waals surface area (Å²) >= 11 is 7.61. The van der Waals surface area contributed by atoms with Crippen LogP contribution in [0.3, 0.4) is 0 Å². The van der Waals surface area contributed by atoms with Crippen LogP contribution in [-0.2, 0) is 4.79 Å². The summed E-state index contributed by atoms with van der Waals surface area (Å²) in [7, 11) is 0. The monoisotopic (exact) mass is 422 g/mol. The van der Waals surface area contributed by atoms with E-state index in [-0.39, 0.29) is 11.8 Å². The molecule has 0 aliphatic carbocycles. The van der Waals surface area contributed by atoms with Crippen LogP contribution in [0.25, 0.3) is 17.2 Å². The van der Waals surface area contributed by atoms with Gasteiger partial charge >= 0.3 is 0 Å². The number of carbonyl (C=O) groups is 1. The van der Waals surface area contributed by atoms with Crippen LogP contribution in [0.2, 0.25) is 5.02 Å². The molecule has 1 aromatic carbocycles.